The molecule has 0 bridgehead atoms. The fourth-order valence-corrected chi connectivity index (χ4v) is 1.94. The van der Waals surface area contributed by atoms with Gasteiger partial charge in [0, 0.05) is 6.54 Å². The van der Waals surface area contributed by atoms with E-state index in [0.29, 0.717) is 92.4 Å². The van der Waals surface area contributed by atoms with Crippen LogP contribution in [0.25, 0.3) is 0 Å². The third kappa shape index (κ3) is 26.2. The minimum atomic E-state index is -1.12. The highest BCUT2D eigenvalue weighted by Gasteiger charge is 2.03. The molecule has 2 N–H and O–H groups in total. The van der Waals surface area contributed by atoms with E-state index in [1.165, 1.54) is 6.26 Å². The third-order valence-corrected chi connectivity index (χ3v) is 3.35. The first-order chi connectivity index (χ1) is 15.7. The normalized spacial score (nSPS) is 10.8. The predicted molar refractivity (Wildman–Crippen MR) is 113 cm³/mol. The van der Waals surface area contributed by atoms with Crippen LogP contribution in [0.3, 0.4) is 0 Å². The molecule has 0 spiro atoms. The van der Waals surface area contributed by atoms with Crippen LogP contribution in [-0.4, -0.2) is 123 Å². The van der Waals surface area contributed by atoms with Crippen LogP contribution in [0.2, 0.25) is 0 Å². The summed E-state index contributed by atoms with van der Waals surface area (Å²) in [6, 6.07) is 0. The molecule has 0 atom stereocenters. The maximum absolute atomic E-state index is 11.3. The topological polar surface area (TPSA) is 140 Å². The van der Waals surface area contributed by atoms with Crippen molar-refractivity contribution in [2.45, 2.75) is 0 Å². The molecule has 188 valence electrons. The number of carbonyl (C=O) groups excluding carboxylic acids is 1. The number of hydrogen-bond acceptors (Lipinski definition) is 10. The second kappa shape index (κ2) is 25.5. The summed E-state index contributed by atoms with van der Waals surface area (Å²) < 4.78 is 41.6. The van der Waals surface area contributed by atoms with Crippen molar-refractivity contribution in [3.8, 4) is 0 Å². The smallest absolute Gasteiger partial charge is 0.329 e. The Balaban J connectivity index is 3.10. The number of rotatable bonds is 26. The van der Waals surface area contributed by atoms with E-state index >= 15 is 0 Å². The van der Waals surface area contributed by atoms with Gasteiger partial charge in [-0.25, -0.2) is 4.79 Å². The molecule has 32 heavy (non-hydrogen) atoms. The Labute approximate surface area is 189 Å². The Morgan fingerprint density at radius 2 is 1.03 bits per heavy atom. The molecular weight excluding hydrogens is 430 g/mol. The molecule has 0 fully saturated rings. The van der Waals surface area contributed by atoms with Crippen LogP contribution in [0.5, 0.6) is 0 Å². The molecule has 0 rings (SSSR count). The minimum absolute atomic E-state index is 0.295. The monoisotopic (exact) mass is 467 g/mol. The van der Waals surface area contributed by atoms with Crippen molar-refractivity contribution in [3.63, 3.8) is 0 Å². The van der Waals surface area contributed by atoms with E-state index < -0.39 is 18.5 Å². The molecule has 0 aromatic rings. The quantitative estimate of drug-likeness (QED) is 0.125. The van der Waals surface area contributed by atoms with Crippen molar-refractivity contribution in [2.24, 2.45) is 0 Å². The average Bonchev–Trinajstić information content (AvgIpc) is 2.77. The van der Waals surface area contributed by atoms with Gasteiger partial charge < -0.3 is 48.3 Å². The fraction of sp³-hybridized carbons (Fsp3) is 0.800. The lowest BCUT2D eigenvalue weighted by atomic mass is 10.6. The van der Waals surface area contributed by atoms with Crippen molar-refractivity contribution in [2.75, 3.05) is 106 Å². The van der Waals surface area contributed by atoms with Crippen LogP contribution in [0.4, 0.5) is 0 Å². The van der Waals surface area contributed by atoms with E-state index in [1.54, 1.807) is 0 Å². The molecule has 12 nitrogen and oxygen atoms in total. The van der Waals surface area contributed by atoms with E-state index in [9.17, 15) is 9.59 Å². The van der Waals surface area contributed by atoms with Gasteiger partial charge in [0.1, 0.15) is 19.8 Å². The molecule has 0 aromatic heterocycles. The summed E-state index contributed by atoms with van der Waals surface area (Å²) in [6.45, 7) is 8.94. The van der Waals surface area contributed by atoms with Gasteiger partial charge in [-0.1, -0.05) is 6.58 Å². The Morgan fingerprint density at radius 3 is 1.44 bits per heavy atom. The first-order valence-corrected chi connectivity index (χ1v) is 10.4. The second-order valence-electron chi connectivity index (χ2n) is 5.95. The van der Waals surface area contributed by atoms with Gasteiger partial charge in [-0.2, -0.15) is 0 Å². The van der Waals surface area contributed by atoms with E-state index in [2.05, 4.69) is 16.6 Å². The first-order valence-electron chi connectivity index (χ1n) is 10.4. The highest BCUT2D eigenvalue weighted by atomic mass is 16.6. The van der Waals surface area contributed by atoms with E-state index in [4.69, 9.17) is 38.3 Å². The lowest BCUT2D eigenvalue weighted by Crippen LogP contribution is -2.31. The Bertz CT molecular complexity index is 451. The van der Waals surface area contributed by atoms with Gasteiger partial charge in [-0.3, -0.25) is 4.79 Å². The van der Waals surface area contributed by atoms with Gasteiger partial charge in [0.2, 0.25) is 5.91 Å². The second-order valence-corrected chi connectivity index (χ2v) is 5.95. The van der Waals surface area contributed by atoms with Crippen LogP contribution in [-0.2, 0) is 47.5 Å². The average molecular weight is 468 g/mol. The highest BCUT2D eigenvalue weighted by Crippen LogP contribution is 1.85. The molecule has 1 amide bonds. The first kappa shape index (κ1) is 30.2. The van der Waals surface area contributed by atoms with Crippen LogP contribution in [0.15, 0.2) is 12.8 Å². The van der Waals surface area contributed by atoms with Crippen LogP contribution in [0.1, 0.15) is 0 Å². The van der Waals surface area contributed by atoms with Crippen LogP contribution in [0, 0.1) is 0 Å². The number of carbonyl (C=O) groups is 2. The fourth-order valence-electron chi connectivity index (χ4n) is 1.94. The maximum atomic E-state index is 11.3. The minimum Gasteiger partial charge on any atom is -0.499 e. The Hall–Kier alpha value is -1.80. The van der Waals surface area contributed by atoms with Gasteiger partial charge in [0.05, 0.1) is 85.5 Å². The van der Waals surface area contributed by atoms with Crippen molar-refractivity contribution in [1.29, 1.82) is 0 Å². The van der Waals surface area contributed by atoms with Crippen molar-refractivity contribution >= 4 is 11.9 Å². The van der Waals surface area contributed by atoms with Crippen molar-refractivity contribution in [1.82, 2.24) is 5.32 Å². The van der Waals surface area contributed by atoms with Gasteiger partial charge in [0.15, 0.2) is 0 Å². The van der Waals surface area contributed by atoms with Crippen molar-refractivity contribution < 1.29 is 52.6 Å². The molecular formula is C20H37NO11. The van der Waals surface area contributed by atoms with Gasteiger partial charge in [0.25, 0.3) is 0 Å². The predicted octanol–water partition coefficient (Wildman–Crippen LogP) is -0.536. The zero-order valence-corrected chi connectivity index (χ0v) is 18.6. The summed E-state index contributed by atoms with van der Waals surface area (Å²) in [4.78, 5) is 21.5. The standard InChI is InChI=1S/C20H37NO11/c1-2-25-5-6-27-9-10-29-13-14-31-16-15-30-12-11-28-8-7-26-4-3-21-19(22)17-32-18-20(23)24/h2H,1,3-18H2,(H,21,22)(H,23,24). The van der Waals surface area contributed by atoms with Gasteiger partial charge in [-0.15, -0.1) is 0 Å². The molecule has 0 aliphatic rings. The molecule has 12 heteroatoms. The lowest BCUT2D eigenvalue weighted by Gasteiger charge is -2.08. The lowest BCUT2D eigenvalue weighted by molar-refractivity contribution is -0.143. The number of hydrogen-bond donors (Lipinski definition) is 2. The number of carboxylic acid groups (broad SMARTS) is 1. The summed E-state index contributed by atoms with van der Waals surface area (Å²) >= 11 is 0. The number of amides is 1. The molecule has 0 aromatic carbocycles. The summed E-state index contributed by atoms with van der Waals surface area (Å²) in [5.41, 5.74) is 0. The zero-order chi connectivity index (χ0) is 23.5. The zero-order valence-electron chi connectivity index (χ0n) is 18.6. The summed E-state index contributed by atoms with van der Waals surface area (Å²) in [5.74, 6) is -1.51. The molecule has 0 unspecified atom stereocenters. The molecule has 0 saturated carbocycles. The van der Waals surface area contributed by atoms with Crippen LogP contribution < -0.4 is 5.32 Å². The number of ether oxygens (including phenoxy) is 8. The van der Waals surface area contributed by atoms with E-state index in [-0.39, 0.29) is 6.61 Å². The molecule has 0 aliphatic carbocycles. The third-order valence-electron chi connectivity index (χ3n) is 3.35. The Morgan fingerprint density at radius 1 is 0.625 bits per heavy atom. The van der Waals surface area contributed by atoms with E-state index in [0.717, 1.165) is 0 Å². The maximum Gasteiger partial charge on any atom is 0.329 e. The number of carboxylic acids is 1. The summed E-state index contributed by atoms with van der Waals surface area (Å²) in [6.07, 6.45) is 1.38. The Kier molecular flexibility index (Phi) is 24.0. The molecule has 0 heterocycles. The van der Waals surface area contributed by atoms with Crippen LogP contribution >= 0.6 is 0 Å². The highest BCUT2D eigenvalue weighted by molar-refractivity contribution is 5.77. The largest absolute Gasteiger partial charge is 0.499 e. The SMILES string of the molecule is C=COCCOCCOCCOCCOCCOCCOCCNC(=O)COCC(=O)O. The van der Waals surface area contributed by atoms with Gasteiger partial charge >= 0.3 is 5.97 Å². The summed E-state index contributed by atoms with van der Waals surface area (Å²) in [5, 5.41) is 10.9. The number of nitrogens with one attached hydrogen (secondary N) is 1. The van der Waals surface area contributed by atoms with Crippen molar-refractivity contribution in [3.05, 3.63) is 12.8 Å². The molecule has 0 aliphatic heterocycles. The number of aliphatic carboxylic acids is 1. The summed E-state index contributed by atoms with van der Waals surface area (Å²) in [7, 11) is 0. The van der Waals surface area contributed by atoms with Gasteiger partial charge in [-0.05, 0) is 0 Å². The molecule has 0 saturated heterocycles. The van der Waals surface area contributed by atoms with E-state index in [1.807, 2.05) is 0 Å². The molecule has 0 radical (unpaired) electrons.